The van der Waals surface area contributed by atoms with E-state index >= 15 is 0 Å². The first-order valence-electron chi connectivity index (χ1n) is 9.82. The van der Waals surface area contributed by atoms with Crippen LogP contribution in [0.1, 0.15) is 22.7 Å². The maximum atomic E-state index is 12.8. The molecule has 0 aromatic heterocycles. The van der Waals surface area contributed by atoms with Gasteiger partial charge >= 0.3 is 0 Å². The molecule has 162 valence electrons. The molecule has 31 heavy (non-hydrogen) atoms. The molecule has 3 rings (SSSR count). The summed E-state index contributed by atoms with van der Waals surface area (Å²) in [4.78, 5) is 12.9. The van der Waals surface area contributed by atoms with Gasteiger partial charge in [0.25, 0.3) is 0 Å². The molecule has 0 radical (unpaired) electrons. The van der Waals surface area contributed by atoms with Gasteiger partial charge in [0.15, 0.2) is 0 Å². The number of carbonyl (C=O) groups is 1. The third-order valence-electron chi connectivity index (χ3n) is 4.98. The summed E-state index contributed by atoms with van der Waals surface area (Å²) in [6.07, 6.45) is 0. The van der Waals surface area contributed by atoms with E-state index in [9.17, 15) is 13.2 Å². The lowest BCUT2D eigenvalue weighted by Gasteiger charge is -2.22. The fourth-order valence-corrected chi connectivity index (χ4v) is 4.31. The zero-order valence-corrected chi connectivity index (χ0v) is 18.6. The van der Waals surface area contributed by atoms with Gasteiger partial charge in [-0.3, -0.25) is 4.79 Å². The number of hydrogen-bond acceptors (Lipinski definition) is 4. The number of hydrogen-bond donors (Lipinski definition) is 1. The SMILES string of the molecule is COc1ccc(S(=O)(=O)N(C)CC(=O)N[C@H](c2ccccc2)c2ccc(C)cc2)cc1. The van der Waals surface area contributed by atoms with E-state index in [-0.39, 0.29) is 17.5 Å². The van der Waals surface area contributed by atoms with Crippen LogP contribution in [0.5, 0.6) is 5.75 Å². The number of likely N-dealkylation sites (N-methyl/N-ethyl adjacent to an activating group) is 1. The zero-order valence-electron chi connectivity index (χ0n) is 17.8. The third-order valence-corrected chi connectivity index (χ3v) is 6.80. The van der Waals surface area contributed by atoms with Gasteiger partial charge in [-0.25, -0.2) is 8.42 Å². The van der Waals surface area contributed by atoms with Crippen molar-refractivity contribution < 1.29 is 17.9 Å². The highest BCUT2D eigenvalue weighted by molar-refractivity contribution is 7.89. The van der Waals surface area contributed by atoms with Gasteiger partial charge < -0.3 is 10.1 Å². The molecular weight excluding hydrogens is 412 g/mol. The number of amides is 1. The Morgan fingerprint density at radius 1 is 0.935 bits per heavy atom. The topological polar surface area (TPSA) is 75.7 Å². The second-order valence-electron chi connectivity index (χ2n) is 7.26. The van der Waals surface area contributed by atoms with Crippen molar-refractivity contribution in [3.05, 3.63) is 95.6 Å². The maximum absolute atomic E-state index is 12.8. The maximum Gasteiger partial charge on any atom is 0.243 e. The van der Waals surface area contributed by atoms with Crippen molar-refractivity contribution in [2.75, 3.05) is 20.7 Å². The van der Waals surface area contributed by atoms with Crippen LogP contribution in [0, 0.1) is 6.92 Å². The number of methoxy groups -OCH3 is 1. The van der Waals surface area contributed by atoms with E-state index in [4.69, 9.17) is 4.74 Å². The number of carbonyl (C=O) groups excluding carboxylic acids is 1. The molecule has 3 aromatic carbocycles. The molecule has 0 saturated carbocycles. The molecule has 0 unspecified atom stereocenters. The number of nitrogens with one attached hydrogen (secondary N) is 1. The van der Waals surface area contributed by atoms with E-state index in [0.717, 1.165) is 21.0 Å². The molecule has 0 spiro atoms. The summed E-state index contributed by atoms with van der Waals surface area (Å²) < 4.78 is 31.8. The van der Waals surface area contributed by atoms with Crippen molar-refractivity contribution in [2.24, 2.45) is 0 Å². The number of benzene rings is 3. The van der Waals surface area contributed by atoms with Gasteiger partial charge in [-0.2, -0.15) is 4.31 Å². The minimum Gasteiger partial charge on any atom is -0.497 e. The molecule has 0 bridgehead atoms. The molecule has 0 saturated heterocycles. The molecule has 0 aliphatic rings. The van der Waals surface area contributed by atoms with Gasteiger partial charge in [-0.1, -0.05) is 60.2 Å². The summed E-state index contributed by atoms with van der Waals surface area (Å²) in [5.74, 6) is 0.164. The molecule has 0 aliphatic carbocycles. The molecule has 7 heteroatoms. The Kier molecular flexibility index (Phi) is 7.09. The molecule has 6 nitrogen and oxygen atoms in total. The van der Waals surface area contributed by atoms with Gasteiger partial charge in [0.2, 0.25) is 15.9 Å². The molecule has 1 N–H and O–H groups in total. The highest BCUT2D eigenvalue weighted by Crippen LogP contribution is 2.23. The van der Waals surface area contributed by atoms with Gasteiger partial charge in [0, 0.05) is 7.05 Å². The summed E-state index contributed by atoms with van der Waals surface area (Å²) in [5.41, 5.74) is 2.96. The lowest BCUT2D eigenvalue weighted by Crippen LogP contribution is -2.40. The van der Waals surface area contributed by atoms with E-state index in [1.54, 1.807) is 12.1 Å². The summed E-state index contributed by atoms with van der Waals surface area (Å²) in [6.45, 7) is 1.70. The first kappa shape index (κ1) is 22.5. The van der Waals surface area contributed by atoms with Crippen LogP contribution in [0.2, 0.25) is 0 Å². The smallest absolute Gasteiger partial charge is 0.243 e. The van der Waals surface area contributed by atoms with Crippen molar-refractivity contribution >= 4 is 15.9 Å². The highest BCUT2D eigenvalue weighted by Gasteiger charge is 2.25. The average Bonchev–Trinajstić information content (AvgIpc) is 2.78. The predicted molar refractivity (Wildman–Crippen MR) is 120 cm³/mol. The summed E-state index contributed by atoms with van der Waals surface area (Å²) >= 11 is 0. The Morgan fingerprint density at radius 2 is 1.52 bits per heavy atom. The van der Waals surface area contributed by atoms with Crippen molar-refractivity contribution in [1.82, 2.24) is 9.62 Å². The largest absolute Gasteiger partial charge is 0.497 e. The quantitative estimate of drug-likeness (QED) is 0.584. The molecule has 1 atom stereocenters. The molecule has 0 fully saturated rings. The highest BCUT2D eigenvalue weighted by atomic mass is 32.2. The van der Waals surface area contributed by atoms with E-state index in [0.29, 0.717) is 5.75 Å². The lowest BCUT2D eigenvalue weighted by atomic mass is 9.98. The number of ether oxygens (including phenoxy) is 1. The summed E-state index contributed by atoms with van der Waals surface area (Å²) in [7, 11) is -0.910. The van der Waals surface area contributed by atoms with Gasteiger partial charge in [-0.15, -0.1) is 0 Å². The number of aryl methyl sites for hydroxylation is 1. The van der Waals surface area contributed by atoms with Crippen molar-refractivity contribution in [1.29, 1.82) is 0 Å². The minimum absolute atomic E-state index is 0.0988. The van der Waals surface area contributed by atoms with Gasteiger partial charge in [-0.05, 0) is 42.3 Å². The van der Waals surface area contributed by atoms with Crippen LogP contribution in [-0.4, -0.2) is 39.3 Å². The summed E-state index contributed by atoms with van der Waals surface area (Å²) in [6, 6.07) is 23.2. The van der Waals surface area contributed by atoms with E-state index in [1.807, 2.05) is 61.5 Å². The third kappa shape index (κ3) is 5.51. The zero-order chi connectivity index (χ0) is 22.4. The minimum atomic E-state index is -3.81. The molecule has 0 heterocycles. The Morgan fingerprint density at radius 3 is 2.10 bits per heavy atom. The molecular formula is C24H26N2O4S. The van der Waals surface area contributed by atoms with Crippen LogP contribution >= 0.6 is 0 Å². The standard InChI is InChI=1S/C24H26N2O4S/c1-18-9-11-20(12-10-18)24(19-7-5-4-6-8-19)25-23(27)17-26(2)31(28,29)22-15-13-21(30-3)14-16-22/h4-16,24H,17H2,1-3H3,(H,25,27)/t24-/m1/s1. The molecule has 1 amide bonds. The Hall–Kier alpha value is -3.16. The van der Waals surface area contributed by atoms with Gasteiger partial charge in [0.05, 0.1) is 24.6 Å². The van der Waals surface area contributed by atoms with Crippen molar-refractivity contribution in [3.63, 3.8) is 0 Å². The number of rotatable bonds is 8. The molecule has 3 aromatic rings. The van der Waals surface area contributed by atoms with Crippen LogP contribution in [0.4, 0.5) is 0 Å². The number of sulfonamides is 1. The second-order valence-corrected chi connectivity index (χ2v) is 9.30. The monoisotopic (exact) mass is 438 g/mol. The second kappa shape index (κ2) is 9.76. The van der Waals surface area contributed by atoms with Crippen molar-refractivity contribution in [2.45, 2.75) is 17.9 Å². The van der Waals surface area contributed by atoms with Crippen LogP contribution in [0.25, 0.3) is 0 Å². The Balaban J connectivity index is 1.77. The van der Waals surface area contributed by atoms with E-state index in [2.05, 4.69) is 5.32 Å². The van der Waals surface area contributed by atoms with E-state index < -0.39 is 15.9 Å². The van der Waals surface area contributed by atoms with Gasteiger partial charge in [0.1, 0.15) is 5.75 Å². The lowest BCUT2D eigenvalue weighted by molar-refractivity contribution is -0.121. The van der Waals surface area contributed by atoms with Crippen LogP contribution in [-0.2, 0) is 14.8 Å². The van der Waals surface area contributed by atoms with Crippen LogP contribution in [0.3, 0.4) is 0 Å². The van der Waals surface area contributed by atoms with Crippen LogP contribution in [0.15, 0.2) is 83.8 Å². The number of nitrogens with zero attached hydrogens (tertiary/aromatic N) is 1. The predicted octanol–water partition coefficient (Wildman–Crippen LogP) is 3.53. The first-order valence-corrected chi connectivity index (χ1v) is 11.3. The normalized spacial score (nSPS) is 12.4. The average molecular weight is 439 g/mol. The van der Waals surface area contributed by atoms with E-state index in [1.165, 1.54) is 26.3 Å². The van der Waals surface area contributed by atoms with Crippen LogP contribution < -0.4 is 10.1 Å². The fourth-order valence-electron chi connectivity index (χ4n) is 3.18. The Bertz CT molecular complexity index is 1110. The molecule has 0 aliphatic heterocycles. The summed E-state index contributed by atoms with van der Waals surface area (Å²) in [5, 5.41) is 2.98. The first-order chi connectivity index (χ1) is 14.8. The van der Waals surface area contributed by atoms with Crippen molar-refractivity contribution in [3.8, 4) is 5.75 Å². The Labute approximate surface area is 183 Å². The fraction of sp³-hybridized carbons (Fsp3) is 0.208.